The molecule has 20 heavy (non-hydrogen) atoms. The molecule has 0 bridgehead atoms. The first kappa shape index (κ1) is 16.3. The molecule has 0 spiro atoms. The van der Waals surface area contributed by atoms with Crippen LogP contribution in [0.5, 0.6) is 5.75 Å². The van der Waals surface area contributed by atoms with Crippen molar-refractivity contribution in [1.82, 2.24) is 10.2 Å². The first-order valence-electron chi connectivity index (χ1n) is 7.07. The van der Waals surface area contributed by atoms with Gasteiger partial charge in [-0.05, 0) is 43.7 Å². The molecule has 0 unspecified atom stereocenters. The lowest BCUT2D eigenvalue weighted by Gasteiger charge is -2.20. The van der Waals surface area contributed by atoms with Crippen LogP contribution in [-0.4, -0.2) is 44.1 Å². The minimum absolute atomic E-state index is 0.0536. The summed E-state index contributed by atoms with van der Waals surface area (Å²) < 4.78 is 5.64. The number of nitrogens with two attached hydrogens (primary N) is 1. The predicted molar refractivity (Wildman–Crippen MR) is 81.8 cm³/mol. The normalized spacial score (nSPS) is 10.6. The number of anilines is 1. The van der Waals surface area contributed by atoms with Crippen LogP contribution in [0.1, 0.15) is 19.8 Å². The zero-order valence-electron chi connectivity index (χ0n) is 12.4. The predicted octanol–water partition coefficient (Wildman–Crippen LogP) is 1.50. The third-order valence-electron chi connectivity index (χ3n) is 2.95. The van der Waals surface area contributed by atoms with Crippen molar-refractivity contribution in [3.05, 3.63) is 24.3 Å². The van der Waals surface area contributed by atoms with Crippen molar-refractivity contribution in [2.75, 3.05) is 39.0 Å². The maximum atomic E-state index is 11.4. The monoisotopic (exact) mass is 279 g/mol. The number of likely N-dealkylation sites (N-methyl/N-ethyl adjacent to an activating group) is 1. The maximum absolute atomic E-state index is 11.4. The number of nitrogens with one attached hydrogen (secondary N) is 1. The summed E-state index contributed by atoms with van der Waals surface area (Å²) in [5, 5.41) is 2.65. The van der Waals surface area contributed by atoms with Gasteiger partial charge in [0.05, 0.1) is 13.2 Å². The van der Waals surface area contributed by atoms with Crippen LogP contribution in [0, 0.1) is 0 Å². The van der Waals surface area contributed by atoms with Crippen LogP contribution < -0.4 is 15.8 Å². The molecular formula is C15H25N3O2. The van der Waals surface area contributed by atoms with Gasteiger partial charge in [0, 0.05) is 19.3 Å². The Bertz CT molecular complexity index is 393. The fourth-order valence-corrected chi connectivity index (χ4v) is 1.91. The van der Waals surface area contributed by atoms with Gasteiger partial charge in [-0.1, -0.05) is 6.92 Å². The van der Waals surface area contributed by atoms with Gasteiger partial charge < -0.3 is 15.8 Å². The van der Waals surface area contributed by atoms with Crippen molar-refractivity contribution in [3.63, 3.8) is 0 Å². The fraction of sp³-hybridized carbons (Fsp3) is 0.533. The Kier molecular flexibility index (Phi) is 7.50. The molecule has 0 saturated carbocycles. The number of carbonyl (C=O) groups is 1. The van der Waals surface area contributed by atoms with E-state index < -0.39 is 0 Å². The smallest absolute Gasteiger partial charge is 0.233 e. The molecule has 0 aliphatic carbocycles. The maximum Gasteiger partial charge on any atom is 0.233 e. The highest BCUT2D eigenvalue weighted by atomic mass is 16.5. The number of nitrogens with zero attached hydrogens (tertiary/aromatic N) is 1. The molecule has 5 nitrogen and oxygen atoms in total. The molecule has 1 rings (SSSR count). The van der Waals surface area contributed by atoms with Crippen molar-refractivity contribution < 1.29 is 9.53 Å². The second kappa shape index (κ2) is 9.20. The topological polar surface area (TPSA) is 67.6 Å². The summed E-state index contributed by atoms with van der Waals surface area (Å²) in [5.74, 6) is 0.880. The van der Waals surface area contributed by atoms with E-state index in [1.165, 1.54) is 0 Å². The minimum Gasteiger partial charge on any atom is -0.494 e. The molecule has 0 atom stereocenters. The highest BCUT2D eigenvalue weighted by Crippen LogP contribution is 2.13. The molecule has 1 aromatic rings. The molecule has 3 N–H and O–H groups in total. The van der Waals surface area contributed by atoms with Gasteiger partial charge in [-0.2, -0.15) is 0 Å². The summed E-state index contributed by atoms with van der Waals surface area (Å²) >= 11 is 0. The summed E-state index contributed by atoms with van der Waals surface area (Å²) in [6.07, 6.45) is 1.93. The van der Waals surface area contributed by atoms with E-state index in [9.17, 15) is 4.79 Å². The largest absolute Gasteiger partial charge is 0.494 e. The van der Waals surface area contributed by atoms with E-state index in [-0.39, 0.29) is 5.91 Å². The number of carbonyl (C=O) groups excluding carboxylic acids is 1. The van der Waals surface area contributed by atoms with Gasteiger partial charge in [-0.3, -0.25) is 9.69 Å². The number of amides is 1. The average molecular weight is 279 g/mol. The number of hydrogen-bond donors (Lipinski definition) is 2. The summed E-state index contributed by atoms with van der Waals surface area (Å²) in [7, 11) is 1.66. The van der Waals surface area contributed by atoms with Gasteiger partial charge in [0.2, 0.25) is 5.91 Å². The van der Waals surface area contributed by atoms with Crippen LogP contribution in [0.2, 0.25) is 0 Å². The molecule has 0 fully saturated rings. The fourth-order valence-electron chi connectivity index (χ4n) is 1.91. The quantitative estimate of drug-likeness (QED) is 0.531. The Labute approximate surface area is 121 Å². The lowest BCUT2D eigenvalue weighted by Crippen LogP contribution is -2.37. The summed E-state index contributed by atoms with van der Waals surface area (Å²) in [4.78, 5) is 13.5. The molecule has 1 amide bonds. The number of nitrogen functional groups attached to an aromatic ring is 1. The lowest BCUT2D eigenvalue weighted by atomic mass is 10.3. The second-order valence-electron chi connectivity index (χ2n) is 4.72. The van der Waals surface area contributed by atoms with Crippen LogP contribution in [0.4, 0.5) is 5.69 Å². The SMILES string of the molecule is CCCN(CCCOc1ccc(N)cc1)CC(=O)NC. The Morgan fingerprint density at radius 2 is 2.00 bits per heavy atom. The third kappa shape index (κ3) is 6.43. The average Bonchev–Trinajstić information content (AvgIpc) is 2.45. The van der Waals surface area contributed by atoms with Crippen molar-refractivity contribution in [1.29, 1.82) is 0 Å². The molecule has 5 heteroatoms. The molecule has 0 heterocycles. The first-order valence-corrected chi connectivity index (χ1v) is 7.07. The van der Waals surface area contributed by atoms with Crippen molar-refractivity contribution >= 4 is 11.6 Å². The summed E-state index contributed by atoms with van der Waals surface area (Å²) in [6.45, 7) is 4.98. The molecule has 0 radical (unpaired) electrons. The zero-order chi connectivity index (χ0) is 14.8. The highest BCUT2D eigenvalue weighted by molar-refractivity contribution is 5.77. The van der Waals surface area contributed by atoms with E-state index in [4.69, 9.17) is 10.5 Å². The molecule has 0 aromatic heterocycles. The standard InChI is InChI=1S/C15H25N3O2/c1-3-9-18(12-15(19)17-2)10-4-11-20-14-7-5-13(16)6-8-14/h5-8H,3-4,9-12,16H2,1-2H3,(H,17,19). The molecule has 0 aliphatic rings. The molecule has 0 aliphatic heterocycles. The number of rotatable bonds is 9. The third-order valence-corrected chi connectivity index (χ3v) is 2.95. The number of benzene rings is 1. The van der Waals surface area contributed by atoms with E-state index in [0.29, 0.717) is 13.2 Å². The van der Waals surface area contributed by atoms with Crippen LogP contribution >= 0.6 is 0 Å². The lowest BCUT2D eigenvalue weighted by molar-refractivity contribution is -0.121. The van der Waals surface area contributed by atoms with Gasteiger partial charge in [-0.15, -0.1) is 0 Å². The molecule has 0 saturated heterocycles. The first-order chi connectivity index (χ1) is 9.65. The van der Waals surface area contributed by atoms with E-state index in [1.54, 1.807) is 7.05 Å². The van der Waals surface area contributed by atoms with Crippen LogP contribution in [0.15, 0.2) is 24.3 Å². The Morgan fingerprint density at radius 1 is 1.30 bits per heavy atom. The number of ether oxygens (including phenoxy) is 1. The van der Waals surface area contributed by atoms with Crippen LogP contribution in [0.3, 0.4) is 0 Å². The zero-order valence-corrected chi connectivity index (χ0v) is 12.4. The van der Waals surface area contributed by atoms with E-state index in [1.807, 2.05) is 24.3 Å². The number of hydrogen-bond acceptors (Lipinski definition) is 4. The summed E-state index contributed by atoms with van der Waals surface area (Å²) in [5.41, 5.74) is 6.35. The Balaban J connectivity index is 2.26. The second-order valence-corrected chi connectivity index (χ2v) is 4.72. The van der Waals surface area contributed by atoms with Crippen molar-refractivity contribution in [2.45, 2.75) is 19.8 Å². The van der Waals surface area contributed by atoms with Gasteiger partial charge >= 0.3 is 0 Å². The molecule has 1 aromatic carbocycles. The van der Waals surface area contributed by atoms with Gasteiger partial charge in [0.1, 0.15) is 5.75 Å². The molecular weight excluding hydrogens is 254 g/mol. The highest BCUT2D eigenvalue weighted by Gasteiger charge is 2.08. The van der Waals surface area contributed by atoms with Gasteiger partial charge in [-0.25, -0.2) is 0 Å². The molecule has 112 valence electrons. The Morgan fingerprint density at radius 3 is 2.60 bits per heavy atom. The van der Waals surface area contributed by atoms with E-state index >= 15 is 0 Å². The van der Waals surface area contributed by atoms with Gasteiger partial charge in [0.15, 0.2) is 0 Å². The Hall–Kier alpha value is -1.75. The van der Waals surface area contributed by atoms with Crippen molar-refractivity contribution in [3.8, 4) is 5.75 Å². The van der Waals surface area contributed by atoms with Gasteiger partial charge in [0.25, 0.3) is 0 Å². The van der Waals surface area contributed by atoms with Crippen molar-refractivity contribution in [2.24, 2.45) is 0 Å². The minimum atomic E-state index is 0.0536. The summed E-state index contributed by atoms with van der Waals surface area (Å²) in [6, 6.07) is 7.38. The van der Waals surface area contributed by atoms with Crippen LogP contribution in [-0.2, 0) is 4.79 Å². The van der Waals surface area contributed by atoms with Crippen LogP contribution in [0.25, 0.3) is 0 Å². The van der Waals surface area contributed by atoms with E-state index in [2.05, 4.69) is 17.1 Å². The van der Waals surface area contributed by atoms with E-state index in [0.717, 1.165) is 37.4 Å².